The normalized spacial score (nSPS) is 12.8. The molecule has 0 saturated heterocycles. The zero-order valence-electron chi connectivity index (χ0n) is 27.0. The van der Waals surface area contributed by atoms with Crippen LogP contribution in [0.3, 0.4) is 0 Å². The fraction of sp³-hybridized carbons (Fsp3) is 0.324. The molecule has 0 saturated carbocycles. The van der Waals surface area contributed by atoms with E-state index >= 15 is 0 Å². The lowest BCUT2D eigenvalue weighted by Gasteiger charge is -2.38. The third kappa shape index (κ3) is 8.62. The predicted octanol–water partition coefficient (Wildman–Crippen LogP) is 7.22. The van der Waals surface area contributed by atoms with E-state index in [-0.39, 0.29) is 18.1 Å². The first-order valence-corrected chi connectivity index (χ1v) is 15.2. The number of aryl methyl sites for hydroxylation is 2. The van der Waals surface area contributed by atoms with Crippen molar-refractivity contribution in [2.75, 3.05) is 5.32 Å². The van der Waals surface area contributed by atoms with Gasteiger partial charge in [-0.1, -0.05) is 66.2 Å². The summed E-state index contributed by atoms with van der Waals surface area (Å²) >= 11 is 0. The van der Waals surface area contributed by atoms with Crippen LogP contribution in [-0.4, -0.2) is 45.6 Å². The van der Waals surface area contributed by atoms with Crippen molar-refractivity contribution in [3.63, 3.8) is 0 Å². The van der Waals surface area contributed by atoms with Crippen molar-refractivity contribution in [3.05, 3.63) is 107 Å². The van der Waals surface area contributed by atoms with Crippen LogP contribution >= 0.6 is 0 Å². The van der Waals surface area contributed by atoms with E-state index in [2.05, 4.69) is 10.6 Å². The minimum atomic E-state index is -1.06. The lowest BCUT2D eigenvalue weighted by atomic mass is 9.94. The first kappa shape index (κ1) is 33.1. The number of nitrogens with one attached hydrogen (secondary N) is 2. The monoisotopic (exact) mass is 609 g/mol. The molecule has 3 N–H and O–H groups in total. The van der Waals surface area contributed by atoms with Gasteiger partial charge < -0.3 is 25.4 Å². The smallest absolute Gasteiger partial charge is 0.408 e. The first-order chi connectivity index (χ1) is 21.2. The number of hydrogen-bond acceptors (Lipinski definition) is 5. The van der Waals surface area contributed by atoms with Crippen LogP contribution in [-0.2, 0) is 20.7 Å². The highest BCUT2D eigenvalue weighted by Crippen LogP contribution is 2.31. The number of rotatable bonds is 9. The zero-order chi connectivity index (χ0) is 32.9. The quantitative estimate of drug-likeness (QED) is 0.186. The van der Waals surface area contributed by atoms with Gasteiger partial charge in [0.2, 0.25) is 5.91 Å². The molecule has 0 aromatic heterocycles. The molecule has 0 bridgehead atoms. The molecular formula is C37H43N3O5. The Morgan fingerprint density at radius 2 is 1.53 bits per heavy atom. The second-order valence-corrected chi connectivity index (χ2v) is 12.7. The Bertz CT molecular complexity index is 1670. The van der Waals surface area contributed by atoms with Crippen LogP contribution in [0.2, 0.25) is 0 Å². The molecule has 0 aliphatic carbocycles. The molecule has 3 amide bonds. The number of phenolic OH excluding ortho intramolecular Hbond substituents is 1. The van der Waals surface area contributed by atoms with Gasteiger partial charge in [0.25, 0.3) is 5.91 Å². The molecule has 0 radical (unpaired) electrons. The molecule has 0 aliphatic rings. The lowest BCUT2D eigenvalue weighted by molar-refractivity contribution is -0.142. The highest BCUT2D eigenvalue weighted by atomic mass is 16.6. The van der Waals surface area contributed by atoms with Gasteiger partial charge >= 0.3 is 6.09 Å². The van der Waals surface area contributed by atoms with E-state index in [1.165, 1.54) is 12.1 Å². The molecule has 4 aromatic rings. The number of phenols is 1. The summed E-state index contributed by atoms with van der Waals surface area (Å²) in [6.07, 6.45) is -0.625. The lowest BCUT2D eigenvalue weighted by Crippen LogP contribution is -2.55. The standard InChI is InChI=1S/C37H43N3O5/c1-23(2)40(35(43)32(39-36(44)45-37(5,6)7)21-26-14-18-30(41)19-15-26)33(31-20-24(3)12-13-25(31)4)34(42)38-29-17-16-27-10-8-9-11-28(27)22-29/h8-20,22-23,32-33,41H,21H2,1-7H3,(H,38,42)(H,39,44). The number of anilines is 1. The Labute approximate surface area is 265 Å². The topological polar surface area (TPSA) is 108 Å². The summed E-state index contributed by atoms with van der Waals surface area (Å²) in [5.74, 6) is -0.726. The van der Waals surface area contributed by atoms with Crippen LogP contribution < -0.4 is 10.6 Å². The zero-order valence-corrected chi connectivity index (χ0v) is 27.0. The highest BCUT2D eigenvalue weighted by Gasteiger charge is 2.38. The molecule has 2 atom stereocenters. The van der Waals surface area contributed by atoms with Crippen LogP contribution in [0.5, 0.6) is 5.75 Å². The SMILES string of the molecule is Cc1ccc(C)c(C(C(=O)Nc2ccc3ccccc3c2)N(C(=O)C(Cc2ccc(O)cc2)NC(=O)OC(C)(C)C)C(C)C)c1. The largest absolute Gasteiger partial charge is 0.508 e. The number of carbonyl (C=O) groups is 3. The van der Waals surface area contributed by atoms with Gasteiger partial charge in [-0.3, -0.25) is 9.59 Å². The molecule has 2 unspecified atom stereocenters. The Balaban J connectivity index is 1.77. The molecule has 8 nitrogen and oxygen atoms in total. The predicted molar refractivity (Wildman–Crippen MR) is 178 cm³/mol. The van der Waals surface area contributed by atoms with Crippen LogP contribution in [0, 0.1) is 13.8 Å². The second-order valence-electron chi connectivity index (χ2n) is 12.7. The number of alkyl carbamates (subject to hydrolysis) is 1. The van der Waals surface area contributed by atoms with Crippen molar-refractivity contribution < 1.29 is 24.2 Å². The van der Waals surface area contributed by atoms with E-state index in [0.29, 0.717) is 11.3 Å². The van der Waals surface area contributed by atoms with Crippen LogP contribution in [0.25, 0.3) is 10.8 Å². The number of aromatic hydroxyl groups is 1. The molecule has 45 heavy (non-hydrogen) atoms. The van der Waals surface area contributed by atoms with Gasteiger partial charge in [-0.05, 0) is 100 Å². The Morgan fingerprint density at radius 3 is 2.18 bits per heavy atom. The minimum Gasteiger partial charge on any atom is -0.508 e. The summed E-state index contributed by atoms with van der Waals surface area (Å²) in [6.45, 7) is 12.8. The Hall–Kier alpha value is -4.85. The number of benzene rings is 4. The van der Waals surface area contributed by atoms with Gasteiger partial charge in [0.1, 0.15) is 23.4 Å². The van der Waals surface area contributed by atoms with Gasteiger partial charge in [-0.2, -0.15) is 0 Å². The average Bonchev–Trinajstić information content (AvgIpc) is 2.96. The molecule has 0 aliphatic heterocycles. The fourth-order valence-corrected chi connectivity index (χ4v) is 5.33. The van der Waals surface area contributed by atoms with Gasteiger partial charge in [0.05, 0.1) is 0 Å². The molecule has 0 heterocycles. The summed E-state index contributed by atoms with van der Waals surface area (Å²) in [7, 11) is 0. The Morgan fingerprint density at radius 1 is 0.867 bits per heavy atom. The minimum absolute atomic E-state index is 0.0888. The number of ether oxygens (including phenoxy) is 1. The maximum Gasteiger partial charge on any atom is 0.408 e. The van der Waals surface area contributed by atoms with E-state index < -0.39 is 35.7 Å². The van der Waals surface area contributed by atoms with Gasteiger partial charge in [0, 0.05) is 18.2 Å². The highest BCUT2D eigenvalue weighted by molar-refractivity contribution is 6.00. The summed E-state index contributed by atoms with van der Waals surface area (Å²) in [5, 5.41) is 17.7. The van der Waals surface area contributed by atoms with E-state index in [9.17, 15) is 19.5 Å². The third-order valence-electron chi connectivity index (χ3n) is 7.45. The molecule has 236 valence electrons. The number of hydrogen-bond donors (Lipinski definition) is 3. The van der Waals surface area contributed by atoms with Crippen molar-refractivity contribution in [1.82, 2.24) is 10.2 Å². The summed E-state index contributed by atoms with van der Waals surface area (Å²) in [5.41, 5.74) is 3.04. The van der Waals surface area contributed by atoms with Crippen molar-refractivity contribution in [3.8, 4) is 5.75 Å². The van der Waals surface area contributed by atoms with E-state index in [0.717, 1.165) is 27.5 Å². The van der Waals surface area contributed by atoms with Gasteiger partial charge in [0.15, 0.2) is 0 Å². The van der Waals surface area contributed by atoms with Crippen LogP contribution in [0.15, 0.2) is 84.9 Å². The van der Waals surface area contributed by atoms with Crippen molar-refractivity contribution in [2.24, 2.45) is 0 Å². The van der Waals surface area contributed by atoms with Gasteiger partial charge in [-0.15, -0.1) is 0 Å². The maximum absolute atomic E-state index is 14.6. The molecule has 8 heteroatoms. The van der Waals surface area contributed by atoms with E-state index in [1.54, 1.807) is 37.8 Å². The van der Waals surface area contributed by atoms with Crippen molar-refractivity contribution in [2.45, 2.75) is 78.6 Å². The molecule has 4 aromatic carbocycles. The average molecular weight is 610 g/mol. The van der Waals surface area contributed by atoms with Gasteiger partial charge in [-0.25, -0.2) is 4.79 Å². The summed E-state index contributed by atoms with van der Waals surface area (Å²) < 4.78 is 5.52. The fourth-order valence-electron chi connectivity index (χ4n) is 5.33. The molecule has 0 fully saturated rings. The number of fused-ring (bicyclic) bond motifs is 1. The molecular weight excluding hydrogens is 566 g/mol. The summed E-state index contributed by atoms with van der Waals surface area (Å²) in [6, 6.07) is 23.4. The number of amides is 3. The van der Waals surface area contributed by atoms with Crippen LogP contribution in [0.4, 0.5) is 10.5 Å². The first-order valence-electron chi connectivity index (χ1n) is 15.2. The Kier molecular flexibility index (Phi) is 10.2. The van der Waals surface area contributed by atoms with Crippen LogP contribution in [0.1, 0.15) is 62.9 Å². The third-order valence-corrected chi connectivity index (χ3v) is 7.45. The van der Waals surface area contributed by atoms with E-state index in [4.69, 9.17) is 4.74 Å². The number of nitrogens with zero attached hydrogens (tertiary/aromatic N) is 1. The molecule has 0 spiro atoms. The van der Waals surface area contributed by atoms with E-state index in [1.807, 2.05) is 88.4 Å². The molecule has 4 rings (SSSR count). The maximum atomic E-state index is 14.6. The van der Waals surface area contributed by atoms with Crippen molar-refractivity contribution >= 4 is 34.4 Å². The van der Waals surface area contributed by atoms with Crippen molar-refractivity contribution in [1.29, 1.82) is 0 Å². The second kappa shape index (κ2) is 13.8. The summed E-state index contributed by atoms with van der Waals surface area (Å²) in [4.78, 5) is 43.5. The number of carbonyl (C=O) groups excluding carboxylic acids is 3.